The second kappa shape index (κ2) is 3.29. The van der Waals surface area contributed by atoms with Crippen molar-refractivity contribution in [3.05, 3.63) is 30.2 Å². The van der Waals surface area contributed by atoms with Crippen molar-refractivity contribution in [2.24, 2.45) is 0 Å². The van der Waals surface area contributed by atoms with Crippen molar-refractivity contribution >= 4 is 5.97 Å². The first kappa shape index (κ1) is 8.42. The summed E-state index contributed by atoms with van der Waals surface area (Å²) < 4.78 is 5.95. The summed E-state index contributed by atoms with van der Waals surface area (Å²) in [5, 5.41) is 15.9. The predicted octanol–water partition coefficient (Wildman–Crippen LogP) is 0.0126. The van der Waals surface area contributed by atoms with Crippen LogP contribution in [-0.2, 0) is 6.54 Å². The van der Waals surface area contributed by atoms with E-state index in [1.54, 1.807) is 6.20 Å². The molecule has 0 fully saturated rings. The molecule has 2 aromatic rings. The monoisotopic (exact) mass is 194 g/mol. The van der Waals surface area contributed by atoms with Gasteiger partial charge in [-0.25, -0.2) is 4.79 Å². The van der Waals surface area contributed by atoms with E-state index in [0.29, 0.717) is 12.4 Å². The fourth-order valence-corrected chi connectivity index (χ4v) is 0.971. The lowest BCUT2D eigenvalue weighted by Gasteiger charge is -1.93. The van der Waals surface area contributed by atoms with Gasteiger partial charge in [-0.1, -0.05) is 5.16 Å². The highest BCUT2D eigenvalue weighted by Crippen LogP contribution is 1.98. The van der Waals surface area contributed by atoms with Crippen molar-refractivity contribution in [1.29, 1.82) is 0 Å². The van der Waals surface area contributed by atoms with Crippen LogP contribution in [0, 0.1) is 0 Å². The first-order chi connectivity index (χ1) is 6.75. The average molecular weight is 194 g/mol. The number of hydrogen-bond acceptors (Lipinski definition) is 5. The van der Waals surface area contributed by atoms with Crippen LogP contribution in [0.1, 0.15) is 16.3 Å². The molecule has 0 spiro atoms. The van der Waals surface area contributed by atoms with Crippen molar-refractivity contribution in [1.82, 2.24) is 19.9 Å². The number of aromatic nitrogens is 4. The summed E-state index contributed by atoms with van der Waals surface area (Å²) in [4.78, 5) is 14.3. The molecule has 72 valence electrons. The molecule has 0 saturated heterocycles. The number of carbonyl (C=O) groups is 1. The quantitative estimate of drug-likeness (QED) is 0.739. The molecule has 0 aliphatic rings. The van der Waals surface area contributed by atoms with Crippen LogP contribution in [-0.4, -0.2) is 31.0 Å². The van der Waals surface area contributed by atoms with Crippen LogP contribution >= 0.6 is 0 Å². The molecule has 0 aliphatic heterocycles. The minimum Gasteiger partial charge on any atom is -0.476 e. The van der Waals surface area contributed by atoms with Crippen molar-refractivity contribution in [3.63, 3.8) is 0 Å². The highest BCUT2D eigenvalue weighted by atomic mass is 16.5. The fourth-order valence-electron chi connectivity index (χ4n) is 0.971. The van der Waals surface area contributed by atoms with E-state index >= 15 is 0 Å². The van der Waals surface area contributed by atoms with Gasteiger partial charge in [0.25, 0.3) is 0 Å². The van der Waals surface area contributed by atoms with Crippen molar-refractivity contribution in [2.75, 3.05) is 0 Å². The molecule has 0 aromatic carbocycles. The molecule has 0 bridgehead atoms. The zero-order chi connectivity index (χ0) is 9.97. The second-order valence-electron chi connectivity index (χ2n) is 2.55. The van der Waals surface area contributed by atoms with Crippen LogP contribution in [0.5, 0.6) is 0 Å². The largest absolute Gasteiger partial charge is 0.476 e. The zero-order valence-electron chi connectivity index (χ0n) is 6.99. The highest BCUT2D eigenvalue weighted by Gasteiger charge is 2.07. The van der Waals surface area contributed by atoms with Gasteiger partial charge in [0.05, 0.1) is 0 Å². The lowest BCUT2D eigenvalue weighted by molar-refractivity contribution is 0.0689. The van der Waals surface area contributed by atoms with Gasteiger partial charge in [-0.2, -0.15) is 10.1 Å². The average Bonchev–Trinajstić information content (AvgIpc) is 2.75. The maximum absolute atomic E-state index is 10.5. The van der Waals surface area contributed by atoms with Gasteiger partial charge in [0.2, 0.25) is 6.39 Å². The summed E-state index contributed by atoms with van der Waals surface area (Å²) >= 11 is 0. The summed E-state index contributed by atoms with van der Waals surface area (Å²) in [6, 6.07) is 1.41. The van der Waals surface area contributed by atoms with Gasteiger partial charge >= 0.3 is 5.97 Å². The Morgan fingerprint density at radius 2 is 2.50 bits per heavy atom. The van der Waals surface area contributed by atoms with Gasteiger partial charge in [-0.3, -0.25) is 4.68 Å². The molecule has 0 aliphatic carbocycles. The standard InChI is InChI=1S/C7H6N4O3/c12-7(13)5-1-2-11(9-5)3-6-8-4-14-10-6/h1-2,4H,3H2,(H,12,13). The van der Waals surface area contributed by atoms with Crippen LogP contribution in [0.15, 0.2) is 23.2 Å². The van der Waals surface area contributed by atoms with Gasteiger partial charge < -0.3 is 9.63 Å². The molecule has 1 N–H and O–H groups in total. The molecule has 0 unspecified atom stereocenters. The number of carboxylic acids is 1. The lowest BCUT2D eigenvalue weighted by atomic mass is 10.5. The summed E-state index contributed by atoms with van der Waals surface area (Å²) in [6.45, 7) is 0.295. The van der Waals surface area contributed by atoms with E-state index in [9.17, 15) is 4.79 Å². The maximum Gasteiger partial charge on any atom is 0.356 e. The second-order valence-corrected chi connectivity index (χ2v) is 2.55. The van der Waals surface area contributed by atoms with Gasteiger partial charge in [0, 0.05) is 6.20 Å². The first-order valence-corrected chi connectivity index (χ1v) is 3.78. The Hall–Kier alpha value is -2.18. The highest BCUT2D eigenvalue weighted by molar-refractivity contribution is 5.84. The minimum atomic E-state index is -1.06. The third kappa shape index (κ3) is 1.60. The van der Waals surface area contributed by atoms with Gasteiger partial charge in [0.15, 0.2) is 11.5 Å². The normalized spacial score (nSPS) is 10.3. The SMILES string of the molecule is O=C(O)c1ccn(Cc2ncon2)n1. The van der Waals surface area contributed by atoms with Crippen molar-refractivity contribution in [3.8, 4) is 0 Å². The maximum atomic E-state index is 10.5. The Balaban J connectivity index is 2.14. The third-order valence-electron chi connectivity index (χ3n) is 1.57. The van der Waals surface area contributed by atoms with Gasteiger partial charge in [0.1, 0.15) is 6.54 Å². The third-order valence-corrected chi connectivity index (χ3v) is 1.57. The molecule has 14 heavy (non-hydrogen) atoms. The Bertz CT molecular complexity index is 433. The molecule has 7 heteroatoms. The number of rotatable bonds is 3. The van der Waals surface area contributed by atoms with Crippen LogP contribution < -0.4 is 0 Å². The molecule has 0 amide bonds. The lowest BCUT2D eigenvalue weighted by Crippen LogP contribution is -2.04. The molecular weight excluding hydrogens is 188 g/mol. The van der Waals surface area contributed by atoms with Gasteiger partial charge in [-0.15, -0.1) is 0 Å². The molecule has 2 aromatic heterocycles. The van der Waals surface area contributed by atoms with Crippen LogP contribution in [0.2, 0.25) is 0 Å². The van der Waals surface area contributed by atoms with E-state index in [2.05, 4.69) is 19.8 Å². The molecule has 0 atom stereocenters. The molecule has 0 saturated carbocycles. The van der Waals surface area contributed by atoms with Crippen LogP contribution in [0.4, 0.5) is 0 Å². The summed E-state index contributed by atoms with van der Waals surface area (Å²) in [6.07, 6.45) is 2.75. The number of nitrogens with zero attached hydrogens (tertiary/aromatic N) is 4. The fraction of sp³-hybridized carbons (Fsp3) is 0.143. The first-order valence-electron chi connectivity index (χ1n) is 3.78. The Morgan fingerprint density at radius 3 is 3.07 bits per heavy atom. The number of aromatic carboxylic acids is 1. The summed E-state index contributed by atoms with van der Waals surface area (Å²) in [7, 11) is 0. The molecular formula is C7H6N4O3. The molecule has 7 nitrogen and oxygen atoms in total. The number of carboxylic acid groups (broad SMARTS) is 1. The topological polar surface area (TPSA) is 94.0 Å². The van der Waals surface area contributed by atoms with E-state index in [1.165, 1.54) is 17.1 Å². The molecule has 2 rings (SSSR count). The minimum absolute atomic E-state index is 0.00602. The van der Waals surface area contributed by atoms with E-state index in [-0.39, 0.29) is 5.69 Å². The predicted molar refractivity (Wildman–Crippen MR) is 42.6 cm³/mol. The Labute approximate surface area is 78.0 Å². The van der Waals surface area contributed by atoms with Crippen LogP contribution in [0.3, 0.4) is 0 Å². The molecule has 0 radical (unpaired) electrons. The number of hydrogen-bond donors (Lipinski definition) is 1. The van der Waals surface area contributed by atoms with Crippen molar-refractivity contribution in [2.45, 2.75) is 6.54 Å². The molecule has 2 heterocycles. The zero-order valence-corrected chi connectivity index (χ0v) is 6.99. The van der Waals surface area contributed by atoms with E-state index in [1.807, 2.05) is 0 Å². The van der Waals surface area contributed by atoms with Crippen molar-refractivity contribution < 1.29 is 14.4 Å². The summed E-state index contributed by atoms with van der Waals surface area (Å²) in [5.41, 5.74) is -0.00602. The van der Waals surface area contributed by atoms with E-state index < -0.39 is 5.97 Å². The van der Waals surface area contributed by atoms with Crippen LogP contribution in [0.25, 0.3) is 0 Å². The smallest absolute Gasteiger partial charge is 0.356 e. The Kier molecular flexibility index (Phi) is 1.98. The summed E-state index contributed by atoms with van der Waals surface area (Å²) in [5.74, 6) is -0.609. The Morgan fingerprint density at radius 1 is 1.64 bits per heavy atom. The van der Waals surface area contributed by atoms with Gasteiger partial charge in [-0.05, 0) is 6.07 Å². The van der Waals surface area contributed by atoms with E-state index in [4.69, 9.17) is 5.11 Å². The van der Waals surface area contributed by atoms with E-state index in [0.717, 1.165) is 0 Å².